The van der Waals surface area contributed by atoms with E-state index in [1.807, 2.05) is 6.07 Å². The average Bonchev–Trinajstić information content (AvgIpc) is 2.37. The van der Waals surface area contributed by atoms with Crippen LogP contribution in [0.15, 0.2) is 24.3 Å². The van der Waals surface area contributed by atoms with E-state index >= 15 is 0 Å². The van der Waals surface area contributed by atoms with Gasteiger partial charge in [-0.2, -0.15) is 0 Å². The maximum atomic E-state index is 5.30. The monoisotopic (exact) mass is 261 g/mol. The SMILES string of the molecule is COc1cccc(C(C)NC2CCCC(C)(C)C2)c1. The van der Waals surface area contributed by atoms with Crippen LogP contribution in [0.5, 0.6) is 5.75 Å². The van der Waals surface area contributed by atoms with E-state index < -0.39 is 0 Å². The smallest absolute Gasteiger partial charge is 0.119 e. The summed E-state index contributed by atoms with van der Waals surface area (Å²) in [4.78, 5) is 0. The van der Waals surface area contributed by atoms with Crippen molar-refractivity contribution < 1.29 is 4.74 Å². The first kappa shape index (κ1) is 14.4. The zero-order valence-corrected chi connectivity index (χ0v) is 12.7. The summed E-state index contributed by atoms with van der Waals surface area (Å²) in [6.45, 7) is 7.02. The third-order valence-corrected chi connectivity index (χ3v) is 4.28. The Balaban J connectivity index is 1.98. The summed E-state index contributed by atoms with van der Waals surface area (Å²) in [5.74, 6) is 0.940. The Bertz CT molecular complexity index is 413. The topological polar surface area (TPSA) is 21.3 Å². The molecule has 0 heterocycles. The summed E-state index contributed by atoms with van der Waals surface area (Å²) in [5, 5.41) is 3.79. The summed E-state index contributed by atoms with van der Waals surface area (Å²) >= 11 is 0. The lowest BCUT2D eigenvalue weighted by molar-refractivity contribution is 0.191. The lowest BCUT2D eigenvalue weighted by Crippen LogP contribution is -2.38. The second-order valence-electron chi connectivity index (χ2n) is 6.62. The first-order valence-corrected chi connectivity index (χ1v) is 7.40. The van der Waals surface area contributed by atoms with Gasteiger partial charge < -0.3 is 10.1 Å². The molecule has 0 radical (unpaired) electrons. The number of hydrogen-bond donors (Lipinski definition) is 1. The van der Waals surface area contributed by atoms with Crippen LogP contribution in [0.25, 0.3) is 0 Å². The molecule has 19 heavy (non-hydrogen) atoms. The Kier molecular flexibility index (Phi) is 4.51. The third kappa shape index (κ3) is 3.97. The van der Waals surface area contributed by atoms with E-state index in [0.29, 0.717) is 17.5 Å². The molecule has 106 valence electrons. The largest absolute Gasteiger partial charge is 0.497 e. The molecule has 0 bridgehead atoms. The predicted molar refractivity (Wildman–Crippen MR) is 80.6 cm³/mol. The molecule has 0 saturated heterocycles. The molecule has 1 fully saturated rings. The van der Waals surface area contributed by atoms with Crippen molar-refractivity contribution in [2.24, 2.45) is 5.41 Å². The van der Waals surface area contributed by atoms with Gasteiger partial charge in [-0.3, -0.25) is 0 Å². The highest BCUT2D eigenvalue weighted by Crippen LogP contribution is 2.36. The number of benzene rings is 1. The van der Waals surface area contributed by atoms with Gasteiger partial charge in [0.05, 0.1) is 7.11 Å². The van der Waals surface area contributed by atoms with Crippen LogP contribution >= 0.6 is 0 Å². The van der Waals surface area contributed by atoms with Crippen LogP contribution in [0, 0.1) is 5.41 Å². The first-order chi connectivity index (χ1) is 9.00. The van der Waals surface area contributed by atoms with Gasteiger partial charge in [0.1, 0.15) is 5.75 Å². The Morgan fingerprint density at radius 3 is 2.84 bits per heavy atom. The van der Waals surface area contributed by atoms with Gasteiger partial charge in [0.2, 0.25) is 0 Å². The molecule has 0 aromatic heterocycles. The molecule has 1 aliphatic carbocycles. The normalized spacial score (nSPS) is 23.9. The van der Waals surface area contributed by atoms with Gasteiger partial charge in [0.15, 0.2) is 0 Å². The Labute approximate surface area is 117 Å². The summed E-state index contributed by atoms with van der Waals surface area (Å²) in [6, 6.07) is 9.40. The van der Waals surface area contributed by atoms with Crippen LogP contribution in [-0.2, 0) is 0 Å². The fourth-order valence-corrected chi connectivity index (χ4v) is 3.20. The van der Waals surface area contributed by atoms with Crippen molar-refractivity contribution in [2.45, 2.75) is 58.5 Å². The maximum absolute atomic E-state index is 5.30. The summed E-state index contributed by atoms with van der Waals surface area (Å²) in [5.41, 5.74) is 1.80. The van der Waals surface area contributed by atoms with Crippen LogP contribution in [-0.4, -0.2) is 13.2 Å². The van der Waals surface area contributed by atoms with Gasteiger partial charge in [-0.15, -0.1) is 0 Å². The first-order valence-electron chi connectivity index (χ1n) is 7.40. The minimum absolute atomic E-state index is 0.383. The molecule has 2 unspecified atom stereocenters. The molecule has 1 saturated carbocycles. The van der Waals surface area contributed by atoms with Crippen molar-refractivity contribution in [3.05, 3.63) is 29.8 Å². The number of nitrogens with one attached hydrogen (secondary N) is 1. The number of rotatable bonds is 4. The third-order valence-electron chi connectivity index (χ3n) is 4.28. The summed E-state index contributed by atoms with van der Waals surface area (Å²) in [7, 11) is 1.72. The van der Waals surface area contributed by atoms with Crippen molar-refractivity contribution in [1.29, 1.82) is 0 Å². The van der Waals surface area contributed by atoms with E-state index in [4.69, 9.17) is 4.74 Å². The maximum Gasteiger partial charge on any atom is 0.119 e. The highest BCUT2D eigenvalue weighted by atomic mass is 16.5. The second-order valence-corrected chi connectivity index (χ2v) is 6.62. The molecule has 1 aromatic carbocycles. The Morgan fingerprint density at radius 1 is 1.37 bits per heavy atom. The number of methoxy groups -OCH3 is 1. The fourth-order valence-electron chi connectivity index (χ4n) is 3.20. The van der Waals surface area contributed by atoms with Crippen molar-refractivity contribution in [1.82, 2.24) is 5.32 Å². The zero-order chi connectivity index (χ0) is 13.9. The van der Waals surface area contributed by atoms with Crippen molar-refractivity contribution in [3.8, 4) is 5.75 Å². The standard InChI is InChI=1S/C17H27NO/c1-13(14-7-5-9-16(11-14)19-4)18-15-8-6-10-17(2,3)12-15/h5,7,9,11,13,15,18H,6,8,10,12H2,1-4H3. The minimum atomic E-state index is 0.383. The lowest BCUT2D eigenvalue weighted by Gasteiger charge is -2.37. The molecular formula is C17H27NO. The van der Waals surface area contributed by atoms with Gasteiger partial charge in [-0.05, 0) is 49.3 Å². The van der Waals surface area contributed by atoms with Gasteiger partial charge >= 0.3 is 0 Å². The zero-order valence-electron chi connectivity index (χ0n) is 12.7. The van der Waals surface area contributed by atoms with Gasteiger partial charge in [-0.1, -0.05) is 32.4 Å². The molecule has 2 atom stereocenters. The molecule has 0 spiro atoms. The second kappa shape index (κ2) is 5.96. The van der Waals surface area contributed by atoms with Crippen LogP contribution in [0.1, 0.15) is 58.1 Å². The summed E-state index contributed by atoms with van der Waals surface area (Å²) < 4.78 is 5.30. The molecule has 2 rings (SSSR count). The van der Waals surface area contributed by atoms with Crippen molar-refractivity contribution in [3.63, 3.8) is 0 Å². The van der Waals surface area contributed by atoms with Crippen LogP contribution in [0.3, 0.4) is 0 Å². The van der Waals surface area contributed by atoms with Gasteiger partial charge in [-0.25, -0.2) is 0 Å². The van der Waals surface area contributed by atoms with Gasteiger partial charge in [0.25, 0.3) is 0 Å². The van der Waals surface area contributed by atoms with E-state index in [0.717, 1.165) is 5.75 Å². The lowest BCUT2D eigenvalue weighted by atomic mass is 9.75. The van der Waals surface area contributed by atoms with Crippen molar-refractivity contribution >= 4 is 0 Å². The van der Waals surface area contributed by atoms with Crippen LogP contribution < -0.4 is 10.1 Å². The van der Waals surface area contributed by atoms with E-state index in [9.17, 15) is 0 Å². The molecule has 1 aromatic rings. The molecule has 2 nitrogen and oxygen atoms in total. The highest BCUT2D eigenvalue weighted by molar-refractivity contribution is 5.30. The average molecular weight is 261 g/mol. The predicted octanol–water partition coefficient (Wildman–Crippen LogP) is 4.31. The minimum Gasteiger partial charge on any atom is -0.497 e. The van der Waals surface area contributed by atoms with E-state index in [2.05, 4.69) is 44.3 Å². The molecule has 2 heteroatoms. The van der Waals surface area contributed by atoms with Gasteiger partial charge in [0, 0.05) is 12.1 Å². The van der Waals surface area contributed by atoms with E-state index in [1.54, 1.807) is 7.11 Å². The molecule has 1 aliphatic rings. The molecule has 0 aliphatic heterocycles. The Hall–Kier alpha value is -1.02. The molecular weight excluding hydrogens is 234 g/mol. The van der Waals surface area contributed by atoms with Crippen molar-refractivity contribution in [2.75, 3.05) is 7.11 Å². The molecule has 1 N–H and O–H groups in total. The molecule has 0 amide bonds. The van der Waals surface area contributed by atoms with Crippen LogP contribution in [0.4, 0.5) is 0 Å². The highest BCUT2D eigenvalue weighted by Gasteiger charge is 2.28. The summed E-state index contributed by atoms with van der Waals surface area (Å²) in [6.07, 6.45) is 5.28. The number of hydrogen-bond acceptors (Lipinski definition) is 2. The quantitative estimate of drug-likeness (QED) is 0.871. The van der Waals surface area contributed by atoms with Crippen LogP contribution in [0.2, 0.25) is 0 Å². The fraction of sp³-hybridized carbons (Fsp3) is 0.647. The number of ether oxygens (including phenoxy) is 1. The Morgan fingerprint density at radius 2 is 2.16 bits per heavy atom. The van der Waals surface area contributed by atoms with E-state index in [1.165, 1.54) is 31.2 Å². The van der Waals surface area contributed by atoms with E-state index in [-0.39, 0.29) is 0 Å².